The summed E-state index contributed by atoms with van der Waals surface area (Å²) in [5.41, 5.74) is 9.67. The molecule has 0 aliphatic rings. The molecule has 0 saturated carbocycles. The van der Waals surface area contributed by atoms with Crippen LogP contribution in [-0.2, 0) is 5.54 Å². The number of pyridine rings is 1. The number of anilines is 1. The summed E-state index contributed by atoms with van der Waals surface area (Å²) in [4.78, 5) is 29.6. The molecule has 0 spiro atoms. The molecule has 0 aliphatic carbocycles. The van der Waals surface area contributed by atoms with Gasteiger partial charge >= 0.3 is 0 Å². The number of aryl methyl sites for hydroxylation is 2. The number of benzene rings is 1. The van der Waals surface area contributed by atoms with Gasteiger partial charge in [0.25, 0.3) is 5.91 Å². The summed E-state index contributed by atoms with van der Waals surface area (Å²) in [5, 5.41) is 8.37. The predicted molar refractivity (Wildman–Crippen MR) is 119 cm³/mol. The topological polar surface area (TPSA) is 103 Å². The average Bonchev–Trinajstić information content (AvgIpc) is 2.98. The summed E-state index contributed by atoms with van der Waals surface area (Å²) in [6.45, 7) is 14.0. The van der Waals surface area contributed by atoms with Gasteiger partial charge in [-0.1, -0.05) is 13.8 Å². The fourth-order valence-electron chi connectivity index (χ4n) is 3.47. The normalized spacial score (nSPS) is 11.9. The lowest BCUT2D eigenvalue weighted by atomic mass is 10.0. The molecule has 0 atom stereocenters. The first-order valence-corrected chi connectivity index (χ1v) is 10.0. The van der Waals surface area contributed by atoms with Crippen molar-refractivity contribution >= 4 is 28.5 Å². The monoisotopic (exact) mass is 407 g/mol. The highest BCUT2D eigenvalue weighted by Gasteiger charge is 2.25. The van der Waals surface area contributed by atoms with Crippen molar-refractivity contribution in [1.29, 1.82) is 0 Å². The molecular weight excluding hydrogens is 378 g/mol. The lowest BCUT2D eigenvalue weighted by molar-refractivity contribution is 0.0998. The predicted octanol–water partition coefficient (Wildman–Crippen LogP) is 4.28. The van der Waals surface area contributed by atoms with Crippen LogP contribution in [0.1, 0.15) is 78.2 Å². The van der Waals surface area contributed by atoms with Crippen LogP contribution in [0, 0.1) is 13.8 Å². The number of primary amides is 1. The highest BCUT2D eigenvalue weighted by molar-refractivity contribution is 6.13. The van der Waals surface area contributed by atoms with E-state index in [9.17, 15) is 9.59 Å². The summed E-state index contributed by atoms with van der Waals surface area (Å²) in [6, 6.07) is 6.88. The van der Waals surface area contributed by atoms with Crippen molar-refractivity contribution in [3.63, 3.8) is 0 Å². The fourth-order valence-corrected chi connectivity index (χ4v) is 3.47. The van der Waals surface area contributed by atoms with E-state index < -0.39 is 5.91 Å². The molecule has 3 aromatic rings. The summed E-state index contributed by atoms with van der Waals surface area (Å²) in [5.74, 6) is -0.582. The van der Waals surface area contributed by atoms with Gasteiger partial charge in [0.05, 0.1) is 22.2 Å². The smallest absolute Gasteiger partial charge is 0.256 e. The van der Waals surface area contributed by atoms with Gasteiger partial charge in [0.1, 0.15) is 0 Å². The van der Waals surface area contributed by atoms with Crippen LogP contribution in [0.3, 0.4) is 0 Å². The Morgan fingerprint density at radius 1 is 1.10 bits per heavy atom. The number of aromatic nitrogens is 3. The van der Waals surface area contributed by atoms with Gasteiger partial charge in [0, 0.05) is 16.9 Å². The minimum absolute atomic E-state index is 0.154. The Bertz CT molecular complexity index is 1150. The lowest BCUT2D eigenvalue weighted by Gasteiger charge is -2.20. The van der Waals surface area contributed by atoms with E-state index in [4.69, 9.17) is 10.7 Å². The summed E-state index contributed by atoms with van der Waals surface area (Å²) in [7, 11) is 0. The molecule has 2 aromatic heterocycles. The molecule has 3 rings (SSSR count). The standard InChI is InChI=1S/C23H29N5O2/c1-12(2)18-11-17(19-14(4)27-28(21(19)26-18)23(5,6)7)22(30)25-15-8-9-16(20(24)29)13(3)10-15/h8-12H,1-7H3,(H2,24,29)(H,25,30). The van der Waals surface area contributed by atoms with Crippen LogP contribution < -0.4 is 11.1 Å². The minimum Gasteiger partial charge on any atom is -0.366 e. The fraction of sp³-hybridized carbons (Fsp3) is 0.391. The Morgan fingerprint density at radius 3 is 2.30 bits per heavy atom. The minimum atomic E-state index is -0.493. The Morgan fingerprint density at radius 2 is 1.77 bits per heavy atom. The van der Waals surface area contributed by atoms with Crippen molar-refractivity contribution in [2.45, 2.75) is 59.9 Å². The molecule has 0 saturated heterocycles. The van der Waals surface area contributed by atoms with Crippen molar-refractivity contribution < 1.29 is 9.59 Å². The van der Waals surface area contributed by atoms with Gasteiger partial charge in [-0.15, -0.1) is 0 Å². The number of carbonyl (C=O) groups excluding carboxylic acids is 2. The molecule has 30 heavy (non-hydrogen) atoms. The average molecular weight is 408 g/mol. The van der Waals surface area contributed by atoms with Crippen LogP contribution in [0.15, 0.2) is 24.3 Å². The van der Waals surface area contributed by atoms with Crippen molar-refractivity contribution in [2.75, 3.05) is 5.32 Å². The van der Waals surface area contributed by atoms with E-state index in [1.54, 1.807) is 25.1 Å². The zero-order chi connectivity index (χ0) is 22.4. The summed E-state index contributed by atoms with van der Waals surface area (Å²) < 4.78 is 1.88. The maximum atomic E-state index is 13.3. The van der Waals surface area contributed by atoms with Crippen LogP contribution in [0.5, 0.6) is 0 Å². The Balaban J connectivity index is 2.12. The van der Waals surface area contributed by atoms with E-state index >= 15 is 0 Å². The second-order valence-electron chi connectivity index (χ2n) is 8.96. The Hall–Kier alpha value is -3.22. The van der Waals surface area contributed by atoms with Gasteiger partial charge in [0.15, 0.2) is 5.65 Å². The highest BCUT2D eigenvalue weighted by atomic mass is 16.2. The Kier molecular flexibility index (Phi) is 5.41. The molecule has 7 nitrogen and oxygen atoms in total. The van der Waals surface area contributed by atoms with Crippen LogP contribution in [0.25, 0.3) is 11.0 Å². The first kappa shape index (κ1) is 21.5. The van der Waals surface area contributed by atoms with Gasteiger partial charge in [-0.3, -0.25) is 9.59 Å². The Labute approximate surface area is 176 Å². The van der Waals surface area contributed by atoms with Gasteiger partial charge in [-0.2, -0.15) is 5.10 Å². The van der Waals surface area contributed by atoms with Gasteiger partial charge in [-0.25, -0.2) is 9.67 Å². The quantitative estimate of drug-likeness (QED) is 0.674. The molecule has 158 valence electrons. The van der Waals surface area contributed by atoms with Crippen molar-refractivity contribution in [3.05, 3.63) is 52.3 Å². The molecule has 0 bridgehead atoms. The molecule has 2 heterocycles. The second kappa shape index (κ2) is 7.55. The third-order valence-corrected chi connectivity index (χ3v) is 5.05. The number of carbonyl (C=O) groups is 2. The molecular formula is C23H29N5O2. The van der Waals surface area contributed by atoms with E-state index in [0.29, 0.717) is 28.0 Å². The molecule has 2 amide bonds. The molecule has 0 fully saturated rings. The van der Waals surface area contributed by atoms with Crippen LogP contribution in [0.2, 0.25) is 0 Å². The second-order valence-corrected chi connectivity index (χ2v) is 8.96. The first-order valence-electron chi connectivity index (χ1n) is 10.0. The van der Waals surface area contributed by atoms with Gasteiger partial charge in [-0.05, 0) is 70.4 Å². The molecule has 0 radical (unpaired) electrons. The van der Waals surface area contributed by atoms with E-state index in [2.05, 4.69) is 31.2 Å². The molecule has 0 aliphatic heterocycles. The third-order valence-electron chi connectivity index (χ3n) is 5.05. The lowest BCUT2D eigenvalue weighted by Crippen LogP contribution is -2.24. The maximum Gasteiger partial charge on any atom is 0.256 e. The third kappa shape index (κ3) is 3.92. The van der Waals surface area contributed by atoms with Crippen molar-refractivity contribution in [3.8, 4) is 0 Å². The van der Waals surface area contributed by atoms with E-state index in [1.165, 1.54) is 0 Å². The maximum absolute atomic E-state index is 13.3. The molecule has 0 unspecified atom stereocenters. The van der Waals surface area contributed by atoms with E-state index in [0.717, 1.165) is 16.8 Å². The number of nitrogens with two attached hydrogens (primary N) is 1. The molecule has 3 N–H and O–H groups in total. The van der Waals surface area contributed by atoms with Gasteiger partial charge in [0.2, 0.25) is 5.91 Å². The van der Waals surface area contributed by atoms with Crippen molar-refractivity contribution in [2.24, 2.45) is 5.73 Å². The number of nitrogens with zero attached hydrogens (tertiary/aromatic N) is 3. The van der Waals surface area contributed by atoms with Gasteiger partial charge < -0.3 is 11.1 Å². The van der Waals surface area contributed by atoms with E-state index in [1.807, 2.05) is 31.5 Å². The number of rotatable bonds is 4. The highest BCUT2D eigenvalue weighted by Crippen LogP contribution is 2.29. The summed E-state index contributed by atoms with van der Waals surface area (Å²) >= 11 is 0. The number of amides is 2. The van der Waals surface area contributed by atoms with Crippen LogP contribution >= 0.6 is 0 Å². The van der Waals surface area contributed by atoms with Crippen LogP contribution in [0.4, 0.5) is 5.69 Å². The SMILES string of the molecule is Cc1cc(NC(=O)c2cc(C(C)C)nc3c2c(C)nn3C(C)(C)C)ccc1C(N)=O. The number of hydrogen-bond acceptors (Lipinski definition) is 4. The number of nitrogens with one attached hydrogen (secondary N) is 1. The molecule has 7 heteroatoms. The van der Waals surface area contributed by atoms with Crippen molar-refractivity contribution in [1.82, 2.24) is 14.8 Å². The zero-order valence-electron chi connectivity index (χ0n) is 18.6. The molecule has 1 aromatic carbocycles. The van der Waals surface area contributed by atoms with E-state index in [-0.39, 0.29) is 17.4 Å². The summed E-state index contributed by atoms with van der Waals surface area (Å²) in [6.07, 6.45) is 0. The number of fused-ring (bicyclic) bond motifs is 1. The number of hydrogen-bond donors (Lipinski definition) is 2. The largest absolute Gasteiger partial charge is 0.366 e. The zero-order valence-corrected chi connectivity index (χ0v) is 18.6. The first-order chi connectivity index (χ1) is 13.9. The van der Waals surface area contributed by atoms with Crippen LogP contribution in [-0.4, -0.2) is 26.6 Å².